The topological polar surface area (TPSA) is 67.9 Å². The predicted molar refractivity (Wildman–Crippen MR) is 109 cm³/mol. The SMILES string of the molecule is Nc1ccc(-c2ncc3c(n2)CCN(Cc2c(Br)cncc2Br)C3)cc1. The number of nitrogens with two attached hydrogens (primary N) is 1. The van der Waals surface area contributed by atoms with Gasteiger partial charge in [-0.3, -0.25) is 9.88 Å². The highest BCUT2D eigenvalue weighted by atomic mass is 79.9. The lowest BCUT2D eigenvalue weighted by Crippen LogP contribution is -2.31. The molecule has 3 heterocycles. The molecule has 0 unspecified atom stereocenters. The van der Waals surface area contributed by atoms with Gasteiger partial charge in [-0.25, -0.2) is 9.97 Å². The zero-order valence-corrected chi connectivity index (χ0v) is 17.2. The molecule has 26 heavy (non-hydrogen) atoms. The minimum atomic E-state index is 0.746. The van der Waals surface area contributed by atoms with Gasteiger partial charge in [-0.1, -0.05) is 0 Å². The summed E-state index contributed by atoms with van der Waals surface area (Å²) in [6, 6.07) is 7.68. The van der Waals surface area contributed by atoms with Crippen LogP contribution in [0.1, 0.15) is 16.8 Å². The highest BCUT2D eigenvalue weighted by molar-refractivity contribution is 9.11. The van der Waals surface area contributed by atoms with E-state index in [1.54, 1.807) is 0 Å². The summed E-state index contributed by atoms with van der Waals surface area (Å²) < 4.78 is 2.04. The summed E-state index contributed by atoms with van der Waals surface area (Å²) in [4.78, 5) is 15.9. The number of hydrogen-bond donors (Lipinski definition) is 1. The summed E-state index contributed by atoms with van der Waals surface area (Å²) >= 11 is 7.19. The Labute approximate surface area is 168 Å². The van der Waals surface area contributed by atoms with E-state index in [9.17, 15) is 0 Å². The first-order valence-electron chi connectivity index (χ1n) is 8.31. The fraction of sp³-hybridized carbons (Fsp3) is 0.211. The number of halogens is 2. The summed E-state index contributed by atoms with van der Waals surface area (Å²) in [5.74, 6) is 0.761. The molecule has 0 fully saturated rings. The minimum Gasteiger partial charge on any atom is -0.399 e. The maximum atomic E-state index is 5.76. The molecule has 0 saturated carbocycles. The van der Waals surface area contributed by atoms with E-state index >= 15 is 0 Å². The number of aromatic nitrogens is 3. The fourth-order valence-corrected chi connectivity index (χ4v) is 4.27. The normalized spacial score (nSPS) is 14.2. The molecule has 0 bridgehead atoms. The van der Waals surface area contributed by atoms with Gasteiger partial charge in [0, 0.05) is 70.4 Å². The molecule has 0 saturated heterocycles. The summed E-state index contributed by atoms with van der Waals surface area (Å²) in [7, 11) is 0. The average molecular weight is 475 g/mol. The van der Waals surface area contributed by atoms with Crippen molar-refractivity contribution in [1.82, 2.24) is 19.9 Å². The van der Waals surface area contributed by atoms with Gasteiger partial charge in [-0.15, -0.1) is 0 Å². The Balaban J connectivity index is 1.54. The Morgan fingerprint density at radius 1 is 1.04 bits per heavy atom. The molecule has 1 aliphatic rings. The number of pyridine rings is 1. The minimum absolute atomic E-state index is 0.746. The molecule has 0 atom stereocenters. The van der Waals surface area contributed by atoms with Gasteiger partial charge in [-0.05, 0) is 61.7 Å². The van der Waals surface area contributed by atoms with Crippen molar-refractivity contribution in [3.63, 3.8) is 0 Å². The quantitative estimate of drug-likeness (QED) is 0.576. The third-order valence-corrected chi connectivity index (χ3v) is 5.88. The maximum Gasteiger partial charge on any atom is 0.159 e. The van der Waals surface area contributed by atoms with Gasteiger partial charge in [-0.2, -0.15) is 0 Å². The van der Waals surface area contributed by atoms with Crippen LogP contribution in [-0.2, 0) is 19.5 Å². The van der Waals surface area contributed by atoms with Crippen LogP contribution in [-0.4, -0.2) is 26.4 Å². The van der Waals surface area contributed by atoms with E-state index < -0.39 is 0 Å². The third-order valence-electron chi connectivity index (χ3n) is 4.52. The molecule has 1 aliphatic heterocycles. The first-order chi connectivity index (χ1) is 12.6. The van der Waals surface area contributed by atoms with E-state index in [-0.39, 0.29) is 0 Å². The van der Waals surface area contributed by atoms with Gasteiger partial charge in [0.05, 0.1) is 5.69 Å². The second-order valence-corrected chi connectivity index (χ2v) is 8.04. The van der Waals surface area contributed by atoms with Gasteiger partial charge in [0.2, 0.25) is 0 Å². The van der Waals surface area contributed by atoms with Gasteiger partial charge in [0.25, 0.3) is 0 Å². The van der Waals surface area contributed by atoms with Crippen LogP contribution in [0.3, 0.4) is 0 Å². The highest BCUT2D eigenvalue weighted by Crippen LogP contribution is 2.28. The zero-order chi connectivity index (χ0) is 18.1. The summed E-state index contributed by atoms with van der Waals surface area (Å²) in [5.41, 5.74) is 11.0. The molecule has 1 aromatic carbocycles. The first-order valence-corrected chi connectivity index (χ1v) is 9.89. The number of rotatable bonds is 3. The maximum absolute atomic E-state index is 5.76. The lowest BCUT2D eigenvalue weighted by molar-refractivity contribution is 0.242. The number of anilines is 1. The number of nitrogen functional groups attached to an aromatic ring is 1. The van der Waals surface area contributed by atoms with Crippen LogP contribution < -0.4 is 5.73 Å². The van der Waals surface area contributed by atoms with Gasteiger partial charge < -0.3 is 5.73 Å². The van der Waals surface area contributed by atoms with Gasteiger partial charge in [0.1, 0.15) is 0 Å². The second-order valence-electron chi connectivity index (χ2n) is 6.33. The molecule has 132 valence electrons. The van der Waals surface area contributed by atoms with Crippen molar-refractivity contribution in [2.75, 3.05) is 12.3 Å². The van der Waals surface area contributed by atoms with Crippen molar-refractivity contribution >= 4 is 37.5 Å². The van der Waals surface area contributed by atoms with E-state index in [4.69, 9.17) is 10.7 Å². The monoisotopic (exact) mass is 473 g/mol. The molecule has 0 aliphatic carbocycles. The van der Waals surface area contributed by atoms with Crippen LogP contribution in [0.4, 0.5) is 5.69 Å². The number of nitrogens with zero attached hydrogens (tertiary/aromatic N) is 4. The van der Waals surface area contributed by atoms with Crippen molar-refractivity contribution < 1.29 is 0 Å². The molecule has 3 aromatic rings. The van der Waals surface area contributed by atoms with E-state index in [0.717, 1.165) is 57.8 Å². The van der Waals surface area contributed by atoms with Crippen molar-refractivity contribution in [3.05, 3.63) is 68.6 Å². The van der Waals surface area contributed by atoms with Gasteiger partial charge in [0.15, 0.2) is 5.82 Å². The number of fused-ring (bicyclic) bond motifs is 1. The number of benzene rings is 1. The number of hydrogen-bond acceptors (Lipinski definition) is 5. The van der Waals surface area contributed by atoms with E-state index in [1.807, 2.05) is 42.9 Å². The van der Waals surface area contributed by atoms with Crippen LogP contribution in [0.15, 0.2) is 51.8 Å². The lowest BCUT2D eigenvalue weighted by atomic mass is 10.1. The Hall–Kier alpha value is -1.83. The van der Waals surface area contributed by atoms with Crippen LogP contribution in [0.2, 0.25) is 0 Å². The van der Waals surface area contributed by atoms with Crippen LogP contribution in [0.5, 0.6) is 0 Å². The Morgan fingerprint density at radius 3 is 2.50 bits per heavy atom. The van der Waals surface area contributed by atoms with Crippen molar-refractivity contribution in [2.45, 2.75) is 19.5 Å². The molecular formula is C19H17Br2N5. The molecular weight excluding hydrogens is 458 g/mol. The zero-order valence-electron chi connectivity index (χ0n) is 14.0. The smallest absolute Gasteiger partial charge is 0.159 e. The molecule has 2 N–H and O–H groups in total. The largest absolute Gasteiger partial charge is 0.399 e. The molecule has 0 radical (unpaired) electrons. The Morgan fingerprint density at radius 2 is 1.77 bits per heavy atom. The summed E-state index contributed by atoms with van der Waals surface area (Å²) in [6.45, 7) is 2.66. The van der Waals surface area contributed by atoms with Crippen LogP contribution in [0, 0.1) is 0 Å². The molecule has 0 spiro atoms. The summed E-state index contributed by atoms with van der Waals surface area (Å²) in [6.07, 6.45) is 6.54. The molecule has 5 nitrogen and oxygen atoms in total. The highest BCUT2D eigenvalue weighted by Gasteiger charge is 2.20. The Kier molecular flexibility index (Phi) is 5.02. The standard InChI is InChI=1S/C19H17Br2N5/c20-16-8-23-9-17(21)15(16)11-26-6-5-18-13(10-26)7-24-19(25-18)12-1-3-14(22)4-2-12/h1-4,7-9H,5-6,10-11,22H2. The van der Waals surface area contributed by atoms with Crippen LogP contribution in [0.25, 0.3) is 11.4 Å². The fourth-order valence-electron chi connectivity index (χ4n) is 3.09. The second kappa shape index (κ2) is 7.42. The van der Waals surface area contributed by atoms with E-state index in [1.165, 1.54) is 11.1 Å². The van der Waals surface area contributed by atoms with E-state index in [2.05, 4.69) is 46.7 Å². The Bertz CT molecular complexity index is 923. The predicted octanol–water partition coefficient (Wildman–Crippen LogP) is 4.20. The molecule has 2 aromatic heterocycles. The van der Waals surface area contributed by atoms with Gasteiger partial charge >= 0.3 is 0 Å². The molecule has 0 amide bonds. The van der Waals surface area contributed by atoms with Crippen LogP contribution >= 0.6 is 31.9 Å². The molecule has 7 heteroatoms. The first kappa shape index (κ1) is 17.6. The average Bonchev–Trinajstić information content (AvgIpc) is 2.65. The summed E-state index contributed by atoms with van der Waals surface area (Å²) in [5, 5.41) is 0. The van der Waals surface area contributed by atoms with E-state index in [0.29, 0.717) is 0 Å². The van der Waals surface area contributed by atoms with Crippen molar-refractivity contribution in [1.29, 1.82) is 0 Å². The molecule has 4 rings (SSSR count). The van der Waals surface area contributed by atoms with Crippen molar-refractivity contribution in [2.24, 2.45) is 0 Å². The van der Waals surface area contributed by atoms with Crippen molar-refractivity contribution in [3.8, 4) is 11.4 Å². The lowest BCUT2D eigenvalue weighted by Gasteiger charge is -2.28. The third kappa shape index (κ3) is 3.65.